The molecule has 1 aliphatic carbocycles. The van der Waals surface area contributed by atoms with E-state index in [-0.39, 0.29) is 23.4 Å². The number of halogens is 1. The van der Waals surface area contributed by atoms with Gasteiger partial charge in [0.25, 0.3) is 5.91 Å². The number of hydrogen-bond acceptors (Lipinski definition) is 7. The molecule has 8 nitrogen and oxygen atoms in total. The Balaban J connectivity index is 0.00000145. The number of carbonyl (C=O) groups is 1. The molecule has 1 saturated heterocycles. The van der Waals surface area contributed by atoms with Gasteiger partial charge in [-0.3, -0.25) is 9.52 Å². The first-order valence-corrected chi connectivity index (χ1v) is 19.8. The number of fused-ring (bicyclic) bond motifs is 2. The molecule has 3 aliphatic heterocycles. The first-order valence-electron chi connectivity index (χ1n) is 18.2. The minimum Gasteiger partial charge on any atom is -0.491 e. The zero-order chi connectivity index (χ0) is 34.0. The van der Waals surface area contributed by atoms with E-state index in [1.165, 1.54) is 24.0 Å². The van der Waals surface area contributed by atoms with Gasteiger partial charge >= 0.3 is 0 Å². The predicted octanol–water partition coefficient (Wildman–Crippen LogP) is 7.26. The molecule has 4 aliphatic rings. The second-order valence-electron chi connectivity index (χ2n) is 13.9. The Morgan fingerprint density at radius 3 is 2.44 bits per heavy atom. The van der Waals surface area contributed by atoms with Crippen molar-refractivity contribution in [2.75, 3.05) is 51.9 Å². The molecule has 0 radical (unpaired) electrons. The van der Waals surface area contributed by atoms with E-state index >= 15 is 0 Å². The average molecular weight is 702 g/mol. The molecule has 2 fully saturated rings. The van der Waals surface area contributed by atoms with Crippen molar-refractivity contribution in [2.24, 2.45) is 17.8 Å². The van der Waals surface area contributed by atoms with Crippen LogP contribution in [0.15, 0.2) is 36.4 Å². The SMILES string of the molecule is CCCc1cc(Cl)ccc1C1COc2ccc3cc2N(C1)CC1CCC1C(C1OCCCO1)CCCCC(CC)S(=O)NC3=O.CNC. The summed E-state index contributed by atoms with van der Waals surface area (Å²) in [6.45, 7) is 7.99. The molecule has 0 aromatic heterocycles. The minimum absolute atomic E-state index is 0.0722. The summed E-state index contributed by atoms with van der Waals surface area (Å²) in [7, 11) is 2.30. The summed E-state index contributed by atoms with van der Waals surface area (Å²) in [6, 6.07) is 11.9. The van der Waals surface area contributed by atoms with Crippen molar-refractivity contribution in [3.63, 3.8) is 0 Å². The minimum atomic E-state index is -1.45. The number of hydrogen-bond donors (Lipinski definition) is 2. The summed E-state index contributed by atoms with van der Waals surface area (Å²) in [4.78, 5) is 15.9. The zero-order valence-electron chi connectivity index (χ0n) is 29.3. The van der Waals surface area contributed by atoms with Crippen molar-refractivity contribution in [3.05, 3.63) is 58.1 Å². The summed E-state index contributed by atoms with van der Waals surface area (Å²) < 4.78 is 35.2. The lowest BCUT2D eigenvalue weighted by atomic mass is 9.65. The van der Waals surface area contributed by atoms with Crippen molar-refractivity contribution < 1.29 is 23.2 Å². The fraction of sp³-hybridized carbons (Fsp3) is 0.658. The van der Waals surface area contributed by atoms with Crippen LogP contribution in [0.2, 0.25) is 5.02 Å². The lowest BCUT2D eigenvalue weighted by Gasteiger charge is -2.47. The molecule has 1 saturated carbocycles. The maximum atomic E-state index is 13.4. The third-order valence-electron chi connectivity index (χ3n) is 10.5. The van der Waals surface area contributed by atoms with E-state index in [1.54, 1.807) is 6.07 Å². The molecule has 2 aromatic carbocycles. The van der Waals surface area contributed by atoms with Crippen LogP contribution < -0.4 is 19.7 Å². The largest absolute Gasteiger partial charge is 0.491 e. The fourth-order valence-electron chi connectivity index (χ4n) is 7.88. The molecule has 6 rings (SSSR count). The standard InChI is InChI=1S/C36H49ClN2O5S.C2H7N/c1-3-8-24-19-28(37)13-15-30(24)27-22-39-21-26-11-14-31(26)32(36-42-17-7-18-43-36)10-6-5-9-29(4-2)45(41)38-35(40)25-12-16-34(44-23-27)33(39)20-25;1-3-2/h12-13,15-16,19-20,26-27,29,31-32,36H,3-11,14,17-18,21-23H2,1-2H3,(H,38,40);3H,1-2H3. The van der Waals surface area contributed by atoms with Gasteiger partial charge in [-0.15, -0.1) is 0 Å². The van der Waals surface area contributed by atoms with Crippen molar-refractivity contribution in [2.45, 2.75) is 95.5 Å². The second-order valence-corrected chi connectivity index (χ2v) is 15.8. The molecular weight excluding hydrogens is 646 g/mol. The van der Waals surface area contributed by atoms with Crippen LogP contribution in [-0.2, 0) is 26.9 Å². The maximum Gasteiger partial charge on any atom is 0.263 e. The average Bonchev–Trinajstić information content (AvgIpc) is 3.25. The predicted molar refractivity (Wildman–Crippen MR) is 195 cm³/mol. The van der Waals surface area contributed by atoms with Crippen molar-refractivity contribution in [1.82, 2.24) is 10.0 Å². The molecule has 266 valence electrons. The van der Waals surface area contributed by atoms with Crippen molar-refractivity contribution >= 4 is 34.2 Å². The normalized spacial score (nSPS) is 28.4. The van der Waals surface area contributed by atoms with Crippen LogP contribution in [0.5, 0.6) is 5.75 Å². The Labute approximate surface area is 295 Å². The van der Waals surface area contributed by atoms with Crippen LogP contribution in [0, 0.1) is 17.8 Å². The number of anilines is 1. The van der Waals surface area contributed by atoms with Gasteiger partial charge in [0.2, 0.25) is 0 Å². The molecule has 6 atom stereocenters. The third kappa shape index (κ3) is 9.13. The fourth-order valence-corrected chi connectivity index (χ4v) is 9.22. The van der Waals surface area contributed by atoms with E-state index in [4.69, 9.17) is 25.8 Å². The van der Waals surface area contributed by atoms with Crippen LogP contribution in [0.4, 0.5) is 5.69 Å². The van der Waals surface area contributed by atoms with Gasteiger partial charge in [0.05, 0.1) is 30.8 Å². The van der Waals surface area contributed by atoms with E-state index < -0.39 is 11.0 Å². The Morgan fingerprint density at radius 2 is 1.73 bits per heavy atom. The summed E-state index contributed by atoms with van der Waals surface area (Å²) in [5, 5.41) is 3.44. The highest BCUT2D eigenvalue weighted by molar-refractivity contribution is 7.84. The number of aryl methyl sites for hydroxylation is 1. The smallest absolute Gasteiger partial charge is 0.263 e. The quantitative estimate of drug-likeness (QED) is 0.339. The Kier molecular flexibility index (Phi) is 14.0. The van der Waals surface area contributed by atoms with Crippen LogP contribution in [0.1, 0.15) is 99.0 Å². The van der Waals surface area contributed by atoms with Crippen LogP contribution in [0.25, 0.3) is 0 Å². The molecule has 1 amide bonds. The highest BCUT2D eigenvalue weighted by Crippen LogP contribution is 2.47. The monoisotopic (exact) mass is 701 g/mol. The highest BCUT2D eigenvalue weighted by atomic mass is 35.5. The molecule has 2 N–H and O–H groups in total. The van der Waals surface area contributed by atoms with E-state index in [1.807, 2.05) is 32.3 Å². The van der Waals surface area contributed by atoms with Crippen molar-refractivity contribution in [3.8, 4) is 5.75 Å². The molecule has 0 spiro atoms. The lowest BCUT2D eigenvalue weighted by Crippen LogP contribution is -2.47. The summed E-state index contributed by atoms with van der Waals surface area (Å²) >= 11 is 6.45. The number of amides is 1. The number of rotatable bonds is 5. The van der Waals surface area contributed by atoms with E-state index in [0.717, 1.165) is 94.1 Å². The molecule has 2 aromatic rings. The van der Waals surface area contributed by atoms with Gasteiger partial charge < -0.3 is 24.4 Å². The highest BCUT2D eigenvalue weighted by Gasteiger charge is 2.43. The summed E-state index contributed by atoms with van der Waals surface area (Å²) in [5.74, 6) is 2.01. The Bertz CT molecular complexity index is 1370. The van der Waals surface area contributed by atoms with Gasteiger partial charge in [-0.1, -0.05) is 50.8 Å². The molecule has 2 bridgehead atoms. The van der Waals surface area contributed by atoms with Crippen molar-refractivity contribution in [1.29, 1.82) is 0 Å². The van der Waals surface area contributed by atoms with Gasteiger partial charge in [-0.25, -0.2) is 4.21 Å². The van der Waals surface area contributed by atoms with Gasteiger partial charge in [0.15, 0.2) is 6.29 Å². The van der Waals surface area contributed by atoms with E-state index in [9.17, 15) is 9.00 Å². The van der Waals surface area contributed by atoms with E-state index in [2.05, 4.69) is 40.9 Å². The molecule has 3 heterocycles. The molecule has 6 unspecified atom stereocenters. The molecule has 10 heteroatoms. The molecule has 48 heavy (non-hydrogen) atoms. The maximum absolute atomic E-state index is 13.4. The van der Waals surface area contributed by atoms with Gasteiger partial charge in [-0.05, 0) is 112 Å². The van der Waals surface area contributed by atoms with Gasteiger partial charge in [0, 0.05) is 35.5 Å². The molecular formula is C38H56ClN3O5S. The topological polar surface area (TPSA) is 89.1 Å². The summed E-state index contributed by atoms with van der Waals surface area (Å²) in [5.41, 5.74) is 4.02. The number of ether oxygens (including phenoxy) is 3. The number of carbonyl (C=O) groups excluding carboxylic acids is 1. The Hall–Kier alpha value is -2.17. The number of nitrogens with zero attached hydrogens (tertiary/aromatic N) is 1. The Morgan fingerprint density at radius 1 is 0.958 bits per heavy atom. The lowest BCUT2D eigenvalue weighted by molar-refractivity contribution is -0.223. The number of nitrogens with one attached hydrogen (secondary N) is 2. The second kappa shape index (κ2) is 18.2. The first-order chi connectivity index (χ1) is 23.4. The zero-order valence-corrected chi connectivity index (χ0v) is 30.9. The number of benzene rings is 2. The first kappa shape index (κ1) is 37.1. The van der Waals surface area contributed by atoms with E-state index in [0.29, 0.717) is 29.9 Å². The van der Waals surface area contributed by atoms with Crippen LogP contribution in [-0.4, -0.2) is 68.7 Å². The van der Waals surface area contributed by atoms with Gasteiger partial charge in [0.1, 0.15) is 16.7 Å². The third-order valence-corrected chi connectivity index (χ3v) is 12.3. The summed E-state index contributed by atoms with van der Waals surface area (Å²) in [6.07, 6.45) is 9.81. The van der Waals surface area contributed by atoms with Gasteiger partial charge in [-0.2, -0.15) is 0 Å². The van der Waals surface area contributed by atoms with Crippen LogP contribution >= 0.6 is 11.6 Å². The van der Waals surface area contributed by atoms with Crippen LogP contribution in [0.3, 0.4) is 0 Å².